The zero-order valence-corrected chi connectivity index (χ0v) is 11.8. The quantitative estimate of drug-likeness (QED) is 0.694. The Bertz CT molecular complexity index is 206. The Labute approximate surface area is 98.2 Å². The number of esters is 1. The van der Waals surface area contributed by atoms with Crippen LogP contribution in [0.2, 0.25) is 0 Å². The average Bonchev–Trinajstić information content (AvgIpc) is 2.00. The third-order valence-electron chi connectivity index (χ3n) is 2.10. The van der Waals surface area contributed by atoms with Gasteiger partial charge in [-0.05, 0) is 33.6 Å². The topological polar surface area (TPSA) is 26.3 Å². The number of carbonyl (C=O) groups is 1. The van der Waals surface area contributed by atoms with Crippen molar-refractivity contribution in [3.8, 4) is 0 Å². The molecule has 0 saturated carbocycles. The van der Waals surface area contributed by atoms with Crippen molar-refractivity contribution in [1.29, 1.82) is 0 Å². The van der Waals surface area contributed by atoms with Gasteiger partial charge in [0, 0.05) is 5.25 Å². The summed E-state index contributed by atoms with van der Waals surface area (Å²) in [7, 11) is 0. The number of hydrogen-bond donors (Lipinski definition) is 0. The summed E-state index contributed by atoms with van der Waals surface area (Å²) in [6.07, 6.45) is 0. The molecule has 0 aliphatic rings. The van der Waals surface area contributed by atoms with Crippen molar-refractivity contribution in [2.45, 2.75) is 64.6 Å². The highest BCUT2D eigenvalue weighted by atomic mass is 32.2. The molecule has 0 aliphatic carbocycles. The zero-order chi connectivity index (χ0) is 12.2. The highest BCUT2D eigenvalue weighted by Gasteiger charge is 2.24. The minimum atomic E-state index is -0.382. The van der Waals surface area contributed by atoms with Crippen molar-refractivity contribution in [3.05, 3.63) is 0 Å². The minimum Gasteiger partial charge on any atom is -0.459 e. The summed E-state index contributed by atoms with van der Waals surface area (Å²) in [5, 5.41) is 0.397. The SMILES string of the molecule is CC(SC(C)C(C)C)C(=O)OC(C)(C)C. The minimum absolute atomic E-state index is 0.0818. The lowest BCUT2D eigenvalue weighted by Gasteiger charge is -2.24. The molecule has 0 fully saturated rings. The summed E-state index contributed by atoms with van der Waals surface area (Å²) in [5.41, 5.74) is -0.382. The van der Waals surface area contributed by atoms with Crippen molar-refractivity contribution < 1.29 is 9.53 Å². The van der Waals surface area contributed by atoms with Crippen LogP contribution in [0.3, 0.4) is 0 Å². The Hall–Kier alpha value is -0.180. The highest BCUT2D eigenvalue weighted by molar-refractivity contribution is 8.01. The van der Waals surface area contributed by atoms with Gasteiger partial charge in [0.15, 0.2) is 0 Å². The Morgan fingerprint density at radius 3 is 1.93 bits per heavy atom. The van der Waals surface area contributed by atoms with Crippen LogP contribution < -0.4 is 0 Å². The molecule has 2 nitrogen and oxygen atoms in total. The molecular weight excluding hydrogens is 208 g/mol. The maximum absolute atomic E-state index is 11.7. The summed E-state index contributed by atoms with van der Waals surface area (Å²) in [6, 6.07) is 0. The number of thioether (sulfide) groups is 1. The Balaban J connectivity index is 4.11. The van der Waals surface area contributed by atoms with E-state index in [4.69, 9.17) is 4.74 Å². The van der Waals surface area contributed by atoms with E-state index >= 15 is 0 Å². The highest BCUT2D eigenvalue weighted by Crippen LogP contribution is 2.25. The number of ether oxygens (including phenoxy) is 1. The first-order chi connectivity index (χ1) is 6.63. The number of hydrogen-bond acceptors (Lipinski definition) is 3. The van der Waals surface area contributed by atoms with Crippen molar-refractivity contribution in [1.82, 2.24) is 0 Å². The van der Waals surface area contributed by atoms with Gasteiger partial charge in [-0.25, -0.2) is 0 Å². The van der Waals surface area contributed by atoms with Crippen LogP contribution in [0.4, 0.5) is 0 Å². The van der Waals surface area contributed by atoms with Crippen molar-refractivity contribution in [3.63, 3.8) is 0 Å². The molecule has 0 spiro atoms. The molecular formula is C12H24O2S. The number of rotatable bonds is 4. The van der Waals surface area contributed by atoms with Crippen LogP contribution in [0.5, 0.6) is 0 Å². The van der Waals surface area contributed by atoms with E-state index in [0.29, 0.717) is 11.2 Å². The molecule has 0 aromatic carbocycles. The molecule has 0 amide bonds. The van der Waals surface area contributed by atoms with Gasteiger partial charge in [0.2, 0.25) is 0 Å². The Morgan fingerprint density at radius 2 is 1.60 bits per heavy atom. The second kappa shape index (κ2) is 5.78. The number of carbonyl (C=O) groups excluding carboxylic acids is 1. The van der Waals surface area contributed by atoms with Crippen LogP contribution in [0.25, 0.3) is 0 Å². The molecule has 0 bridgehead atoms. The first kappa shape index (κ1) is 14.8. The van der Waals surface area contributed by atoms with E-state index in [1.54, 1.807) is 11.8 Å². The van der Waals surface area contributed by atoms with Gasteiger partial charge < -0.3 is 4.74 Å². The fourth-order valence-electron chi connectivity index (χ4n) is 0.919. The molecule has 0 N–H and O–H groups in total. The molecule has 0 aromatic rings. The van der Waals surface area contributed by atoms with Gasteiger partial charge in [0.1, 0.15) is 5.60 Å². The summed E-state index contributed by atoms with van der Waals surface area (Å²) in [5.74, 6) is 0.472. The predicted molar refractivity (Wildman–Crippen MR) is 67.2 cm³/mol. The zero-order valence-electron chi connectivity index (χ0n) is 11.0. The van der Waals surface area contributed by atoms with Crippen molar-refractivity contribution in [2.24, 2.45) is 5.92 Å². The molecule has 3 heteroatoms. The summed E-state index contributed by atoms with van der Waals surface area (Å²) in [6.45, 7) is 14.1. The van der Waals surface area contributed by atoms with E-state index in [-0.39, 0.29) is 16.8 Å². The Kier molecular flexibility index (Phi) is 5.71. The lowest BCUT2D eigenvalue weighted by molar-refractivity contribution is -0.153. The van der Waals surface area contributed by atoms with Crippen molar-refractivity contribution >= 4 is 17.7 Å². The molecule has 0 saturated heterocycles. The van der Waals surface area contributed by atoms with Crippen LogP contribution in [-0.2, 0) is 9.53 Å². The standard InChI is InChI=1S/C12H24O2S/c1-8(2)9(3)15-10(4)11(13)14-12(5,6)7/h8-10H,1-7H3. The molecule has 2 atom stereocenters. The summed E-state index contributed by atoms with van der Waals surface area (Å²) < 4.78 is 5.32. The van der Waals surface area contributed by atoms with Gasteiger partial charge in [0.05, 0.1) is 5.25 Å². The molecule has 90 valence electrons. The third kappa shape index (κ3) is 6.82. The maximum Gasteiger partial charge on any atom is 0.319 e. The molecule has 0 radical (unpaired) electrons. The second-order valence-electron chi connectivity index (χ2n) is 5.26. The van der Waals surface area contributed by atoms with Crippen LogP contribution in [0.1, 0.15) is 48.5 Å². The van der Waals surface area contributed by atoms with Gasteiger partial charge >= 0.3 is 5.97 Å². The molecule has 0 heterocycles. The van der Waals surface area contributed by atoms with Crippen LogP contribution in [0, 0.1) is 5.92 Å². The lowest BCUT2D eigenvalue weighted by Crippen LogP contribution is -2.30. The maximum atomic E-state index is 11.7. The fraction of sp³-hybridized carbons (Fsp3) is 0.917. The van der Waals surface area contributed by atoms with E-state index in [1.165, 1.54) is 0 Å². The van der Waals surface area contributed by atoms with Gasteiger partial charge in [-0.1, -0.05) is 20.8 Å². The third-order valence-corrected chi connectivity index (χ3v) is 3.67. The van der Waals surface area contributed by atoms with E-state index in [2.05, 4.69) is 20.8 Å². The van der Waals surface area contributed by atoms with Gasteiger partial charge in [-0.2, -0.15) is 0 Å². The molecule has 2 unspecified atom stereocenters. The lowest BCUT2D eigenvalue weighted by atomic mass is 10.2. The first-order valence-electron chi connectivity index (χ1n) is 5.52. The first-order valence-corrected chi connectivity index (χ1v) is 6.46. The molecule has 0 rings (SSSR count). The van der Waals surface area contributed by atoms with Gasteiger partial charge in [-0.3, -0.25) is 4.79 Å². The summed E-state index contributed by atoms with van der Waals surface area (Å²) >= 11 is 1.68. The largest absolute Gasteiger partial charge is 0.459 e. The summed E-state index contributed by atoms with van der Waals surface area (Å²) in [4.78, 5) is 11.7. The van der Waals surface area contributed by atoms with Gasteiger partial charge in [-0.15, -0.1) is 11.8 Å². The molecule has 15 heavy (non-hydrogen) atoms. The normalized spacial score (nSPS) is 16.3. The molecule has 0 aliphatic heterocycles. The van der Waals surface area contributed by atoms with Crippen LogP contribution in [0.15, 0.2) is 0 Å². The van der Waals surface area contributed by atoms with E-state index in [1.807, 2.05) is 27.7 Å². The second-order valence-corrected chi connectivity index (χ2v) is 6.98. The monoisotopic (exact) mass is 232 g/mol. The van der Waals surface area contributed by atoms with Gasteiger partial charge in [0.25, 0.3) is 0 Å². The van der Waals surface area contributed by atoms with Crippen LogP contribution >= 0.6 is 11.8 Å². The van der Waals surface area contributed by atoms with Crippen LogP contribution in [-0.4, -0.2) is 22.1 Å². The predicted octanol–water partition coefficient (Wildman–Crippen LogP) is 3.49. The fourth-order valence-corrected chi connectivity index (χ4v) is 2.04. The van der Waals surface area contributed by atoms with E-state index in [9.17, 15) is 4.79 Å². The van der Waals surface area contributed by atoms with E-state index in [0.717, 1.165) is 0 Å². The molecule has 0 aromatic heterocycles. The Morgan fingerprint density at radius 1 is 1.13 bits per heavy atom. The van der Waals surface area contributed by atoms with Crippen molar-refractivity contribution in [2.75, 3.05) is 0 Å². The smallest absolute Gasteiger partial charge is 0.319 e. The average molecular weight is 232 g/mol. The van der Waals surface area contributed by atoms with E-state index < -0.39 is 0 Å².